The Morgan fingerprint density at radius 1 is 1.39 bits per heavy atom. The number of nitrogens with zero attached hydrogens (tertiary/aromatic N) is 2. The molecule has 0 amide bonds. The van der Waals surface area contributed by atoms with Gasteiger partial charge in [-0.1, -0.05) is 6.07 Å². The van der Waals surface area contributed by atoms with Gasteiger partial charge >= 0.3 is 0 Å². The van der Waals surface area contributed by atoms with Gasteiger partial charge in [0.1, 0.15) is 0 Å². The summed E-state index contributed by atoms with van der Waals surface area (Å²) in [5.41, 5.74) is 2.68. The van der Waals surface area contributed by atoms with Crippen LogP contribution in [0, 0.1) is 0 Å². The molecule has 1 aliphatic carbocycles. The minimum Gasteiger partial charge on any atom is -0.312 e. The molecule has 1 aromatic heterocycles. The normalized spacial score (nSPS) is 25.3. The van der Waals surface area contributed by atoms with Crippen LogP contribution in [0.5, 0.6) is 0 Å². The molecular formula is C15H23N3. The van der Waals surface area contributed by atoms with E-state index in [1.807, 2.05) is 0 Å². The zero-order valence-corrected chi connectivity index (χ0v) is 11.2. The Bertz CT molecular complexity index is 383. The van der Waals surface area contributed by atoms with E-state index in [9.17, 15) is 0 Å². The van der Waals surface area contributed by atoms with Crippen molar-refractivity contribution in [1.82, 2.24) is 15.2 Å². The SMILES string of the molecule is C[C@@H]1CN(CCc2ccc(C3CC3)cn2)CCN1. The maximum absolute atomic E-state index is 4.60. The van der Waals surface area contributed by atoms with Gasteiger partial charge in [0.15, 0.2) is 0 Å². The largest absolute Gasteiger partial charge is 0.312 e. The summed E-state index contributed by atoms with van der Waals surface area (Å²) in [5, 5.41) is 3.48. The van der Waals surface area contributed by atoms with Gasteiger partial charge in [-0.25, -0.2) is 0 Å². The molecule has 0 bridgehead atoms. The van der Waals surface area contributed by atoms with Crippen molar-refractivity contribution in [3.8, 4) is 0 Å². The Labute approximate surface area is 110 Å². The van der Waals surface area contributed by atoms with Crippen LogP contribution in [-0.2, 0) is 6.42 Å². The highest BCUT2D eigenvalue weighted by Crippen LogP contribution is 2.39. The summed E-state index contributed by atoms with van der Waals surface area (Å²) >= 11 is 0. The van der Waals surface area contributed by atoms with Crippen molar-refractivity contribution in [3.05, 3.63) is 29.6 Å². The van der Waals surface area contributed by atoms with Gasteiger partial charge in [0, 0.05) is 50.5 Å². The van der Waals surface area contributed by atoms with Gasteiger partial charge < -0.3 is 10.2 Å². The fourth-order valence-electron chi connectivity index (χ4n) is 2.73. The molecule has 1 saturated carbocycles. The summed E-state index contributed by atoms with van der Waals surface area (Å²) in [6.45, 7) is 6.86. The van der Waals surface area contributed by atoms with Crippen LogP contribution in [0.2, 0.25) is 0 Å². The van der Waals surface area contributed by atoms with Crippen molar-refractivity contribution in [2.75, 3.05) is 26.2 Å². The molecule has 3 nitrogen and oxygen atoms in total. The first-order chi connectivity index (χ1) is 8.81. The highest BCUT2D eigenvalue weighted by atomic mass is 15.2. The minimum atomic E-state index is 0.629. The molecule has 2 heterocycles. The minimum absolute atomic E-state index is 0.629. The van der Waals surface area contributed by atoms with Crippen molar-refractivity contribution < 1.29 is 0 Å². The molecule has 1 saturated heterocycles. The number of rotatable bonds is 4. The zero-order chi connectivity index (χ0) is 12.4. The molecule has 1 aromatic rings. The third-order valence-corrected chi connectivity index (χ3v) is 4.03. The highest BCUT2D eigenvalue weighted by molar-refractivity contribution is 5.22. The van der Waals surface area contributed by atoms with E-state index in [2.05, 4.69) is 40.5 Å². The van der Waals surface area contributed by atoms with E-state index in [0.717, 1.165) is 25.4 Å². The first-order valence-electron chi connectivity index (χ1n) is 7.22. The smallest absolute Gasteiger partial charge is 0.0416 e. The van der Waals surface area contributed by atoms with E-state index < -0.39 is 0 Å². The molecule has 1 aliphatic heterocycles. The predicted octanol–water partition coefficient (Wildman–Crippen LogP) is 1.80. The summed E-state index contributed by atoms with van der Waals surface area (Å²) in [5.74, 6) is 0.820. The van der Waals surface area contributed by atoms with Gasteiger partial charge in [0.05, 0.1) is 0 Å². The molecule has 98 valence electrons. The van der Waals surface area contributed by atoms with Gasteiger partial charge in [0.2, 0.25) is 0 Å². The summed E-state index contributed by atoms with van der Waals surface area (Å²) in [7, 11) is 0. The van der Waals surface area contributed by atoms with Crippen LogP contribution >= 0.6 is 0 Å². The second kappa shape index (κ2) is 5.37. The lowest BCUT2D eigenvalue weighted by atomic mass is 10.1. The van der Waals surface area contributed by atoms with E-state index >= 15 is 0 Å². The quantitative estimate of drug-likeness (QED) is 0.876. The summed E-state index contributed by atoms with van der Waals surface area (Å²) in [6.07, 6.45) is 5.89. The average molecular weight is 245 g/mol. The monoisotopic (exact) mass is 245 g/mol. The van der Waals surface area contributed by atoms with Crippen molar-refractivity contribution in [3.63, 3.8) is 0 Å². The lowest BCUT2D eigenvalue weighted by Gasteiger charge is -2.31. The Morgan fingerprint density at radius 2 is 2.28 bits per heavy atom. The number of piperazine rings is 1. The molecule has 0 aromatic carbocycles. The van der Waals surface area contributed by atoms with E-state index in [-0.39, 0.29) is 0 Å². The standard InChI is InChI=1S/C15H23N3/c1-12-11-18(9-7-16-12)8-6-15-5-4-14(10-17-15)13-2-3-13/h4-5,10,12-13,16H,2-3,6-9,11H2,1H3/t12-/m1/s1. The molecule has 18 heavy (non-hydrogen) atoms. The van der Waals surface area contributed by atoms with Crippen molar-refractivity contribution in [2.24, 2.45) is 0 Å². The van der Waals surface area contributed by atoms with Crippen LogP contribution in [0.3, 0.4) is 0 Å². The highest BCUT2D eigenvalue weighted by Gasteiger charge is 2.23. The van der Waals surface area contributed by atoms with Gasteiger partial charge in [0.25, 0.3) is 0 Å². The number of pyridine rings is 1. The van der Waals surface area contributed by atoms with Crippen molar-refractivity contribution in [1.29, 1.82) is 0 Å². The molecule has 2 aliphatic rings. The Kier molecular flexibility index (Phi) is 3.62. The third kappa shape index (κ3) is 3.09. The van der Waals surface area contributed by atoms with Crippen LogP contribution in [-0.4, -0.2) is 42.1 Å². The summed E-state index contributed by atoms with van der Waals surface area (Å²) < 4.78 is 0. The molecule has 1 N–H and O–H groups in total. The average Bonchev–Trinajstić information content (AvgIpc) is 3.21. The Morgan fingerprint density at radius 3 is 2.94 bits per heavy atom. The van der Waals surface area contributed by atoms with E-state index in [4.69, 9.17) is 0 Å². The summed E-state index contributed by atoms with van der Waals surface area (Å²) in [4.78, 5) is 7.14. The third-order valence-electron chi connectivity index (χ3n) is 4.03. The van der Waals surface area contributed by atoms with Gasteiger partial charge in [-0.3, -0.25) is 4.98 Å². The number of aromatic nitrogens is 1. The van der Waals surface area contributed by atoms with Crippen LogP contribution in [0.15, 0.2) is 18.3 Å². The van der Waals surface area contributed by atoms with E-state index in [0.29, 0.717) is 6.04 Å². The van der Waals surface area contributed by atoms with Crippen LogP contribution in [0.4, 0.5) is 0 Å². The number of nitrogens with one attached hydrogen (secondary N) is 1. The zero-order valence-electron chi connectivity index (χ0n) is 11.2. The number of hydrogen-bond donors (Lipinski definition) is 1. The molecule has 1 atom stereocenters. The molecule has 3 heteroatoms. The molecule has 3 rings (SSSR count). The Balaban J connectivity index is 1.49. The van der Waals surface area contributed by atoms with E-state index in [1.165, 1.54) is 37.2 Å². The second-order valence-corrected chi connectivity index (χ2v) is 5.76. The Hall–Kier alpha value is -0.930. The van der Waals surface area contributed by atoms with Crippen LogP contribution < -0.4 is 5.32 Å². The van der Waals surface area contributed by atoms with Gasteiger partial charge in [-0.05, 0) is 37.3 Å². The van der Waals surface area contributed by atoms with Crippen molar-refractivity contribution in [2.45, 2.75) is 38.1 Å². The van der Waals surface area contributed by atoms with Gasteiger partial charge in [-0.2, -0.15) is 0 Å². The lowest BCUT2D eigenvalue weighted by molar-refractivity contribution is 0.209. The second-order valence-electron chi connectivity index (χ2n) is 5.76. The lowest BCUT2D eigenvalue weighted by Crippen LogP contribution is -2.49. The predicted molar refractivity (Wildman–Crippen MR) is 73.8 cm³/mol. The van der Waals surface area contributed by atoms with Crippen LogP contribution in [0.25, 0.3) is 0 Å². The summed E-state index contributed by atoms with van der Waals surface area (Å²) in [6, 6.07) is 5.13. The van der Waals surface area contributed by atoms with Gasteiger partial charge in [-0.15, -0.1) is 0 Å². The first kappa shape index (κ1) is 12.1. The molecule has 0 spiro atoms. The molecule has 2 fully saturated rings. The molecule has 0 unspecified atom stereocenters. The topological polar surface area (TPSA) is 28.2 Å². The molecular weight excluding hydrogens is 222 g/mol. The molecule has 0 radical (unpaired) electrons. The van der Waals surface area contributed by atoms with E-state index in [1.54, 1.807) is 0 Å². The van der Waals surface area contributed by atoms with Crippen molar-refractivity contribution >= 4 is 0 Å². The first-order valence-corrected chi connectivity index (χ1v) is 7.22. The maximum Gasteiger partial charge on any atom is 0.0416 e. The maximum atomic E-state index is 4.60. The fraction of sp³-hybridized carbons (Fsp3) is 0.667. The number of hydrogen-bond acceptors (Lipinski definition) is 3. The van der Waals surface area contributed by atoms with Crippen LogP contribution in [0.1, 0.15) is 36.9 Å². The fourth-order valence-corrected chi connectivity index (χ4v) is 2.73.